The second kappa shape index (κ2) is 4.30. The molecule has 0 aromatic rings. The van der Waals surface area contributed by atoms with Crippen LogP contribution in [0.5, 0.6) is 0 Å². The van der Waals surface area contributed by atoms with Gasteiger partial charge in [-0.15, -0.1) is 0 Å². The van der Waals surface area contributed by atoms with Crippen LogP contribution in [0.1, 0.15) is 32.6 Å². The van der Waals surface area contributed by atoms with E-state index in [9.17, 15) is 4.79 Å². The van der Waals surface area contributed by atoms with Gasteiger partial charge in [0.25, 0.3) is 6.47 Å². The summed E-state index contributed by atoms with van der Waals surface area (Å²) in [5, 5.41) is 3.55. The molecule has 4 unspecified atom stereocenters. The van der Waals surface area contributed by atoms with Gasteiger partial charge in [0, 0.05) is 18.5 Å². The van der Waals surface area contributed by atoms with E-state index in [4.69, 9.17) is 4.74 Å². The highest BCUT2D eigenvalue weighted by Crippen LogP contribution is 2.36. The van der Waals surface area contributed by atoms with Crippen molar-refractivity contribution in [3.63, 3.8) is 0 Å². The van der Waals surface area contributed by atoms with Gasteiger partial charge >= 0.3 is 0 Å². The lowest BCUT2D eigenvalue weighted by atomic mass is 9.78. The van der Waals surface area contributed by atoms with Crippen LogP contribution in [0.25, 0.3) is 0 Å². The average molecular weight is 197 g/mol. The van der Waals surface area contributed by atoms with Crippen molar-refractivity contribution in [2.75, 3.05) is 6.54 Å². The lowest BCUT2D eigenvalue weighted by Gasteiger charge is -2.30. The van der Waals surface area contributed by atoms with E-state index in [2.05, 4.69) is 5.32 Å². The fourth-order valence-electron chi connectivity index (χ4n) is 3.07. The van der Waals surface area contributed by atoms with Crippen LogP contribution in [0.2, 0.25) is 0 Å². The summed E-state index contributed by atoms with van der Waals surface area (Å²) in [6.07, 6.45) is 5.37. The second-order valence-corrected chi connectivity index (χ2v) is 4.56. The van der Waals surface area contributed by atoms with Crippen molar-refractivity contribution in [2.45, 2.75) is 44.8 Å². The van der Waals surface area contributed by atoms with Crippen LogP contribution in [-0.4, -0.2) is 25.2 Å². The molecule has 1 N–H and O–H groups in total. The Morgan fingerprint density at radius 2 is 2.21 bits per heavy atom. The number of fused-ring (bicyclic) bond motifs is 1. The summed E-state index contributed by atoms with van der Waals surface area (Å²) in [6.45, 7) is 3.61. The predicted molar refractivity (Wildman–Crippen MR) is 53.8 cm³/mol. The molecular weight excluding hydrogens is 178 g/mol. The summed E-state index contributed by atoms with van der Waals surface area (Å²) >= 11 is 0. The van der Waals surface area contributed by atoms with E-state index in [1.807, 2.05) is 6.92 Å². The van der Waals surface area contributed by atoms with Gasteiger partial charge in [0.05, 0.1) is 0 Å². The van der Waals surface area contributed by atoms with Gasteiger partial charge in [-0.25, -0.2) is 0 Å². The molecule has 14 heavy (non-hydrogen) atoms. The van der Waals surface area contributed by atoms with Crippen molar-refractivity contribution < 1.29 is 9.53 Å². The minimum Gasteiger partial charge on any atom is -0.465 e. The number of carbonyl (C=O) groups is 1. The monoisotopic (exact) mass is 197 g/mol. The third-order valence-corrected chi connectivity index (χ3v) is 3.86. The fraction of sp³-hybridized carbons (Fsp3) is 0.909. The van der Waals surface area contributed by atoms with E-state index in [1.54, 1.807) is 0 Å². The third kappa shape index (κ3) is 1.78. The molecule has 1 aliphatic heterocycles. The maximum Gasteiger partial charge on any atom is 0.293 e. The molecule has 1 aliphatic carbocycles. The van der Waals surface area contributed by atoms with Crippen molar-refractivity contribution in [3.05, 3.63) is 0 Å². The molecule has 0 aromatic heterocycles. The van der Waals surface area contributed by atoms with E-state index in [1.165, 1.54) is 25.7 Å². The van der Waals surface area contributed by atoms with E-state index >= 15 is 0 Å². The van der Waals surface area contributed by atoms with Crippen LogP contribution in [0.3, 0.4) is 0 Å². The molecular formula is C11H19NO2. The Labute approximate surface area is 85.2 Å². The number of hydrogen-bond acceptors (Lipinski definition) is 3. The maximum absolute atomic E-state index is 10.3. The summed E-state index contributed by atoms with van der Waals surface area (Å²) < 4.78 is 5.05. The molecule has 3 heteroatoms. The van der Waals surface area contributed by atoms with Gasteiger partial charge in [0.2, 0.25) is 0 Å². The summed E-state index contributed by atoms with van der Waals surface area (Å²) in [6, 6.07) is 0.687. The largest absolute Gasteiger partial charge is 0.465 e. The zero-order valence-electron chi connectivity index (χ0n) is 8.74. The van der Waals surface area contributed by atoms with E-state index < -0.39 is 0 Å². The molecule has 0 bridgehead atoms. The number of rotatable bonds is 3. The molecule has 0 spiro atoms. The molecule has 0 aromatic carbocycles. The Hall–Kier alpha value is -0.570. The molecule has 2 fully saturated rings. The zero-order chi connectivity index (χ0) is 9.97. The van der Waals surface area contributed by atoms with Gasteiger partial charge in [-0.3, -0.25) is 4.79 Å². The molecule has 0 amide bonds. The SMILES string of the molecule is CC(OC=O)C1CNC2CCCCC21. The molecule has 1 saturated carbocycles. The van der Waals surface area contributed by atoms with Crippen LogP contribution in [0.4, 0.5) is 0 Å². The average Bonchev–Trinajstić information content (AvgIpc) is 2.61. The first-order valence-electron chi connectivity index (χ1n) is 5.65. The van der Waals surface area contributed by atoms with E-state index in [-0.39, 0.29) is 6.10 Å². The van der Waals surface area contributed by atoms with Gasteiger partial charge in [0.1, 0.15) is 6.10 Å². The summed E-state index contributed by atoms with van der Waals surface area (Å²) in [4.78, 5) is 10.3. The highest BCUT2D eigenvalue weighted by Gasteiger charge is 2.40. The predicted octanol–water partition coefficient (Wildman–Crippen LogP) is 1.33. The third-order valence-electron chi connectivity index (χ3n) is 3.86. The minimum absolute atomic E-state index is 0.0769. The molecule has 0 radical (unpaired) electrons. The van der Waals surface area contributed by atoms with Crippen molar-refractivity contribution in [3.8, 4) is 0 Å². The first-order chi connectivity index (χ1) is 6.83. The standard InChI is InChI=1S/C11H19NO2/c1-8(14-7-13)10-6-12-11-5-3-2-4-9(10)11/h7-12H,2-6H2,1H3. The van der Waals surface area contributed by atoms with Crippen LogP contribution >= 0.6 is 0 Å². The number of ether oxygens (including phenoxy) is 1. The Kier molecular flexibility index (Phi) is 3.06. The smallest absolute Gasteiger partial charge is 0.293 e. The lowest BCUT2D eigenvalue weighted by Crippen LogP contribution is -2.32. The molecule has 80 valence electrons. The summed E-state index contributed by atoms with van der Waals surface area (Å²) in [7, 11) is 0. The Morgan fingerprint density at radius 3 is 3.00 bits per heavy atom. The maximum atomic E-state index is 10.3. The summed E-state index contributed by atoms with van der Waals surface area (Å²) in [5.41, 5.74) is 0. The van der Waals surface area contributed by atoms with Crippen LogP contribution in [-0.2, 0) is 9.53 Å². The first-order valence-corrected chi connectivity index (χ1v) is 5.65. The molecule has 2 aliphatic rings. The quantitative estimate of drug-likeness (QED) is 0.694. The van der Waals surface area contributed by atoms with E-state index in [0.29, 0.717) is 18.4 Å². The highest BCUT2D eigenvalue weighted by atomic mass is 16.5. The normalized spacial score (nSPS) is 38.8. The number of hydrogen-bond donors (Lipinski definition) is 1. The van der Waals surface area contributed by atoms with Gasteiger partial charge in [-0.2, -0.15) is 0 Å². The van der Waals surface area contributed by atoms with Crippen LogP contribution < -0.4 is 5.32 Å². The minimum atomic E-state index is 0.0769. The molecule has 4 atom stereocenters. The van der Waals surface area contributed by atoms with Crippen LogP contribution in [0.15, 0.2) is 0 Å². The highest BCUT2D eigenvalue weighted by molar-refractivity contribution is 5.37. The number of nitrogens with one attached hydrogen (secondary N) is 1. The van der Waals surface area contributed by atoms with Crippen molar-refractivity contribution in [2.24, 2.45) is 11.8 Å². The number of carbonyl (C=O) groups excluding carboxylic acids is 1. The van der Waals surface area contributed by atoms with Gasteiger partial charge in [-0.05, 0) is 25.7 Å². The van der Waals surface area contributed by atoms with Gasteiger partial charge in [-0.1, -0.05) is 12.8 Å². The molecule has 1 heterocycles. The molecule has 2 rings (SSSR count). The topological polar surface area (TPSA) is 38.3 Å². The Bertz CT molecular complexity index is 207. The van der Waals surface area contributed by atoms with Crippen LogP contribution in [0, 0.1) is 11.8 Å². The van der Waals surface area contributed by atoms with Gasteiger partial charge in [0.15, 0.2) is 0 Å². The zero-order valence-corrected chi connectivity index (χ0v) is 8.74. The van der Waals surface area contributed by atoms with Crippen molar-refractivity contribution in [1.29, 1.82) is 0 Å². The second-order valence-electron chi connectivity index (χ2n) is 4.56. The summed E-state index contributed by atoms with van der Waals surface area (Å²) in [5.74, 6) is 1.27. The Balaban J connectivity index is 1.96. The fourth-order valence-corrected chi connectivity index (χ4v) is 3.07. The molecule has 3 nitrogen and oxygen atoms in total. The van der Waals surface area contributed by atoms with Crippen molar-refractivity contribution in [1.82, 2.24) is 5.32 Å². The molecule has 1 saturated heterocycles. The lowest BCUT2D eigenvalue weighted by molar-refractivity contribution is -0.135. The Morgan fingerprint density at radius 1 is 1.43 bits per heavy atom. The van der Waals surface area contributed by atoms with Crippen molar-refractivity contribution >= 4 is 6.47 Å². The van der Waals surface area contributed by atoms with Gasteiger partial charge < -0.3 is 10.1 Å². The van der Waals surface area contributed by atoms with E-state index in [0.717, 1.165) is 12.5 Å². The first kappa shape index (κ1) is 9.97.